The molecule has 1 fully saturated rings. The summed E-state index contributed by atoms with van der Waals surface area (Å²) in [7, 11) is 1.84. The Labute approximate surface area is 148 Å². The number of aryl methyl sites for hydroxylation is 2. The molecule has 1 unspecified atom stereocenters. The summed E-state index contributed by atoms with van der Waals surface area (Å²) in [5, 5.41) is 10.9. The van der Waals surface area contributed by atoms with E-state index < -0.39 is 6.04 Å². The van der Waals surface area contributed by atoms with Crippen molar-refractivity contribution < 1.29 is 4.79 Å². The standard InChI is InChI=1S/C18H26N6O/c1-11-4-6-13(7-5-11)16(19)18(25)21-15-9-8-14(10-20-15)17-12(2)22-23-24(17)3/h8-11,13,16H,4-7,19H2,1-3H3,(H,20,21,25). The summed E-state index contributed by atoms with van der Waals surface area (Å²) in [6.07, 6.45) is 6.06. The highest BCUT2D eigenvalue weighted by Gasteiger charge is 2.28. The van der Waals surface area contributed by atoms with E-state index >= 15 is 0 Å². The maximum absolute atomic E-state index is 12.4. The average molecular weight is 342 g/mol. The van der Waals surface area contributed by atoms with Gasteiger partial charge in [0.15, 0.2) is 0 Å². The Balaban J connectivity index is 1.64. The lowest BCUT2D eigenvalue weighted by Gasteiger charge is -2.29. The van der Waals surface area contributed by atoms with Crippen LogP contribution in [0.25, 0.3) is 11.3 Å². The van der Waals surface area contributed by atoms with Gasteiger partial charge in [-0.05, 0) is 43.7 Å². The number of hydrogen-bond donors (Lipinski definition) is 2. The third-order valence-electron chi connectivity index (χ3n) is 5.15. The number of nitrogens with one attached hydrogen (secondary N) is 1. The summed E-state index contributed by atoms with van der Waals surface area (Å²) < 4.78 is 1.71. The van der Waals surface area contributed by atoms with Crippen LogP contribution in [0.5, 0.6) is 0 Å². The Morgan fingerprint density at radius 1 is 1.32 bits per heavy atom. The number of pyridine rings is 1. The molecule has 3 rings (SSSR count). The summed E-state index contributed by atoms with van der Waals surface area (Å²) in [4.78, 5) is 16.8. The zero-order chi connectivity index (χ0) is 18.0. The van der Waals surface area contributed by atoms with E-state index in [1.165, 1.54) is 0 Å². The van der Waals surface area contributed by atoms with E-state index in [4.69, 9.17) is 5.73 Å². The van der Waals surface area contributed by atoms with Crippen LogP contribution in [0.1, 0.15) is 38.3 Å². The van der Waals surface area contributed by atoms with E-state index in [0.717, 1.165) is 48.6 Å². The first kappa shape index (κ1) is 17.5. The van der Waals surface area contributed by atoms with E-state index in [1.807, 2.05) is 20.0 Å². The van der Waals surface area contributed by atoms with Gasteiger partial charge in [-0.15, -0.1) is 5.10 Å². The summed E-state index contributed by atoms with van der Waals surface area (Å²) in [5.41, 5.74) is 8.84. The van der Waals surface area contributed by atoms with Gasteiger partial charge in [0.2, 0.25) is 5.91 Å². The van der Waals surface area contributed by atoms with E-state index in [0.29, 0.717) is 5.82 Å². The molecule has 134 valence electrons. The maximum atomic E-state index is 12.4. The lowest BCUT2D eigenvalue weighted by Crippen LogP contribution is -2.43. The Kier molecular flexibility index (Phi) is 5.13. The van der Waals surface area contributed by atoms with Gasteiger partial charge in [-0.3, -0.25) is 4.79 Å². The highest BCUT2D eigenvalue weighted by Crippen LogP contribution is 2.30. The quantitative estimate of drug-likeness (QED) is 0.888. The van der Waals surface area contributed by atoms with Crippen molar-refractivity contribution in [2.75, 3.05) is 5.32 Å². The molecule has 1 amide bonds. The van der Waals surface area contributed by atoms with Crippen LogP contribution in [0.15, 0.2) is 18.3 Å². The third kappa shape index (κ3) is 3.87. The van der Waals surface area contributed by atoms with Crippen molar-refractivity contribution in [1.29, 1.82) is 0 Å². The van der Waals surface area contributed by atoms with Gasteiger partial charge >= 0.3 is 0 Å². The Hall–Kier alpha value is -2.28. The number of hydrogen-bond acceptors (Lipinski definition) is 5. The van der Waals surface area contributed by atoms with E-state index in [9.17, 15) is 4.79 Å². The number of rotatable bonds is 4. The number of aromatic nitrogens is 4. The van der Waals surface area contributed by atoms with Crippen LogP contribution in [-0.2, 0) is 11.8 Å². The molecule has 0 aromatic carbocycles. The molecule has 2 heterocycles. The van der Waals surface area contributed by atoms with Crippen LogP contribution >= 0.6 is 0 Å². The Morgan fingerprint density at radius 3 is 2.60 bits per heavy atom. The van der Waals surface area contributed by atoms with Crippen molar-refractivity contribution in [3.05, 3.63) is 24.0 Å². The smallest absolute Gasteiger partial charge is 0.242 e. The summed E-state index contributed by atoms with van der Waals surface area (Å²) >= 11 is 0. The molecule has 0 aliphatic heterocycles. The van der Waals surface area contributed by atoms with Crippen LogP contribution < -0.4 is 11.1 Å². The van der Waals surface area contributed by atoms with Crippen molar-refractivity contribution in [2.45, 2.75) is 45.6 Å². The molecule has 0 spiro atoms. The van der Waals surface area contributed by atoms with Gasteiger partial charge in [-0.25, -0.2) is 9.67 Å². The number of nitrogens with zero attached hydrogens (tertiary/aromatic N) is 4. The molecule has 0 bridgehead atoms. The topological polar surface area (TPSA) is 98.7 Å². The summed E-state index contributed by atoms with van der Waals surface area (Å²) in [6, 6.07) is 3.22. The second-order valence-electron chi connectivity index (χ2n) is 7.11. The maximum Gasteiger partial charge on any atom is 0.242 e. The first-order chi connectivity index (χ1) is 12.0. The molecule has 25 heavy (non-hydrogen) atoms. The van der Waals surface area contributed by atoms with Crippen LogP contribution in [-0.4, -0.2) is 31.9 Å². The highest BCUT2D eigenvalue weighted by molar-refractivity contribution is 5.94. The fraction of sp³-hybridized carbons (Fsp3) is 0.556. The molecular weight excluding hydrogens is 316 g/mol. The largest absolute Gasteiger partial charge is 0.320 e. The lowest BCUT2D eigenvalue weighted by molar-refractivity contribution is -0.118. The van der Waals surface area contributed by atoms with Gasteiger partial charge in [-0.1, -0.05) is 25.0 Å². The van der Waals surface area contributed by atoms with Crippen molar-refractivity contribution in [3.63, 3.8) is 0 Å². The van der Waals surface area contributed by atoms with Gasteiger partial charge in [0.05, 0.1) is 17.4 Å². The molecule has 1 aliphatic carbocycles. The molecule has 1 atom stereocenters. The van der Waals surface area contributed by atoms with Gasteiger partial charge in [0.1, 0.15) is 5.82 Å². The highest BCUT2D eigenvalue weighted by atomic mass is 16.2. The fourth-order valence-corrected chi connectivity index (χ4v) is 3.53. The monoisotopic (exact) mass is 342 g/mol. The van der Waals surface area contributed by atoms with E-state index in [2.05, 4.69) is 27.5 Å². The minimum Gasteiger partial charge on any atom is -0.320 e. The van der Waals surface area contributed by atoms with Gasteiger partial charge in [0.25, 0.3) is 0 Å². The zero-order valence-corrected chi connectivity index (χ0v) is 15.1. The van der Waals surface area contributed by atoms with Crippen molar-refractivity contribution in [1.82, 2.24) is 20.0 Å². The molecule has 1 saturated carbocycles. The fourth-order valence-electron chi connectivity index (χ4n) is 3.53. The van der Waals surface area contributed by atoms with Gasteiger partial charge < -0.3 is 11.1 Å². The van der Waals surface area contributed by atoms with E-state index in [-0.39, 0.29) is 11.8 Å². The lowest BCUT2D eigenvalue weighted by atomic mass is 9.79. The normalized spacial score (nSPS) is 21.8. The van der Waals surface area contributed by atoms with Crippen molar-refractivity contribution >= 4 is 11.7 Å². The molecule has 7 heteroatoms. The van der Waals surface area contributed by atoms with Crippen LogP contribution in [0.2, 0.25) is 0 Å². The molecule has 3 N–H and O–H groups in total. The average Bonchev–Trinajstić information content (AvgIpc) is 2.94. The van der Waals surface area contributed by atoms with Crippen molar-refractivity contribution in [3.8, 4) is 11.3 Å². The first-order valence-electron chi connectivity index (χ1n) is 8.85. The Bertz CT molecular complexity index is 711. The predicted molar refractivity (Wildman–Crippen MR) is 96.7 cm³/mol. The zero-order valence-electron chi connectivity index (χ0n) is 15.1. The van der Waals surface area contributed by atoms with Crippen molar-refractivity contribution in [2.24, 2.45) is 24.6 Å². The second kappa shape index (κ2) is 7.31. The molecular formula is C18H26N6O. The molecule has 0 saturated heterocycles. The number of carbonyl (C=O) groups is 1. The SMILES string of the molecule is Cc1nnn(C)c1-c1ccc(NC(=O)C(N)C2CCC(C)CC2)nc1. The number of anilines is 1. The van der Waals surface area contributed by atoms with Crippen LogP contribution in [0.3, 0.4) is 0 Å². The van der Waals surface area contributed by atoms with Gasteiger partial charge in [0, 0.05) is 18.8 Å². The third-order valence-corrected chi connectivity index (χ3v) is 5.15. The molecule has 2 aromatic rings. The molecule has 0 radical (unpaired) electrons. The minimum absolute atomic E-state index is 0.154. The Morgan fingerprint density at radius 2 is 2.04 bits per heavy atom. The van der Waals surface area contributed by atoms with Crippen LogP contribution in [0.4, 0.5) is 5.82 Å². The predicted octanol–water partition coefficient (Wildman–Crippen LogP) is 2.28. The van der Waals surface area contributed by atoms with E-state index in [1.54, 1.807) is 16.9 Å². The minimum atomic E-state index is -0.475. The first-order valence-corrected chi connectivity index (χ1v) is 8.85. The number of nitrogens with two attached hydrogens (primary N) is 1. The van der Waals surface area contributed by atoms with Gasteiger partial charge in [-0.2, -0.15) is 0 Å². The molecule has 2 aromatic heterocycles. The number of carbonyl (C=O) groups excluding carboxylic acids is 1. The molecule has 1 aliphatic rings. The van der Waals surface area contributed by atoms with Crippen LogP contribution in [0, 0.1) is 18.8 Å². The second-order valence-corrected chi connectivity index (χ2v) is 7.11. The summed E-state index contributed by atoms with van der Waals surface area (Å²) in [6.45, 7) is 4.16. The summed E-state index contributed by atoms with van der Waals surface area (Å²) in [5.74, 6) is 1.36. The molecule has 7 nitrogen and oxygen atoms in total. The number of amides is 1.